The van der Waals surface area contributed by atoms with Crippen LogP contribution in [0.25, 0.3) is 11.4 Å². The molecule has 0 amide bonds. The van der Waals surface area contributed by atoms with Crippen molar-refractivity contribution in [3.8, 4) is 11.4 Å². The van der Waals surface area contributed by atoms with Crippen molar-refractivity contribution >= 4 is 22.2 Å². The van der Waals surface area contributed by atoms with E-state index in [4.69, 9.17) is 0 Å². The van der Waals surface area contributed by atoms with Gasteiger partial charge in [0.05, 0.1) is 16.4 Å². The zero-order chi connectivity index (χ0) is 11.7. The van der Waals surface area contributed by atoms with E-state index in [1.54, 1.807) is 6.07 Å². The number of nitrogens with one attached hydrogen (secondary N) is 1. The summed E-state index contributed by atoms with van der Waals surface area (Å²) in [7, 11) is 0. The molecule has 0 aliphatic heterocycles. The Morgan fingerprint density at radius 3 is 2.88 bits per heavy atom. The minimum atomic E-state index is -0.357. The molecule has 5 heteroatoms. The van der Waals surface area contributed by atoms with Crippen LogP contribution in [0, 0.1) is 12.7 Å². The predicted octanol–water partition coefficient (Wildman–Crippen LogP) is 3.10. The third-order valence-electron chi connectivity index (χ3n) is 2.24. The second kappa shape index (κ2) is 4.17. The second-order valence-electron chi connectivity index (χ2n) is 3.39. The molecule has 0 fully saturated rings. The fourth-order valence-electron chi connectivity index (χ4n) is 1.43. The van der Waals surface area contributed by atoms with Crippen molar-refractivity contribution in [2.75, 3.05) is 0 Å². The summed E-state index contributed by atoms with van der Waals surface area (Å²) in [6.45, 7) is 1.85. The van der Waals surface area contributed by atoms with E-state index in [2.05, 4.69) is 25.9 Å². The molecule has 0 saturated carbocycles. The number of carbonyl (C=O) groups is 1. The van der Waals surface area contributed by atoms with Crippen molar-refractivity contribution in [1.29, 1.82) is 0 Å². The number of halogens is 2. The van der Waals surface area contributed by atoms with Crippen molar-refractivity contribution in [2.24, 2.45) is 0 Å². The second-order valence-corrected chi connectivity index (χ2v) is 4.24. The van der Waals surface area contributed by atoms with Crippen LogP contribution in [-0.2, 0) is 0 Å². The van der Waals surface area contributed by atoms with E-state index in [0.717, 1.165) is 5.56 Å². The number of hydrogen-bond acceptors (Lipinski definition) is 2. The maximum Gasteiger partial charge on any atom is 0.167 e. The van der Waals surface area contributed by atoms with Gasteiger partial charge in [0.25, 0.3) is 0 Å². The molecule has 2 rings (SSSR count). The molecule has 1 N–H and O–H groups in total. The fraction of sp³-hybridized carbons (Fsp3) is 0.0909. The first-order valence-electron chi connectivity index (χ1n) is 4.58. The first kappa shape index (κ1) is 11.0. The summed E-state index contributed by atoms with van der Waals surface area (Å²) in [6.07, 6.45) is 2.09. The molecule has 16 heavy (non-hydrogen) atoms. The molecule has 2 aromatic rings. The van der Waals surface area contributed by atoms with E-state index < -0.39 is 0 Å². The number of carbonyl (C=O) groups excluding carboxylic acids is 1. The number of H-pyrrole nitrogens is 1. The SMILES string of the molecule is Cc1cc(Br)c(F)cc1-c1ncc(C=O)[nH]1. The van der Waals surface area contributed by atoms with Gasteiger partial charge in [0, 0.05) is 5.56 Å². The third kappa shape index (κ3) is 1.90. The Morgan fingerprint density at radius 1 is 1.50 bits per heavy atom. The molecule has 0 aliphatic rings. The first-order chi connectivity index (χ1) is 7.61. The minimum Gasteiger partial charge on any atom is -0.336 e. The summed E-state index contributed by atoms with van der Waals surface area (Å²) >= 11 is 3.11. The van der Waals surface area contributed by atoms with Gasteiger partial charge < -0.3 is 4.98 Å². The normalized spacial score (nSPS) is 10.4. The van der Waals surface area contributed by atoms with Gasteiger partial charge in [-0.15, -0.1) is 0 Å². The largest absolute Gasteiger partial charge is 0.336 e. The number of imidazole rings is 1. The van der Waals surface area contributed by atoms with Gasteiger partial charge in [0.15, 0.2) is 6.29 Å². The van der Waals surface area contributed by atoms with E-state index in [1.165, 1.54) is 12.3 Å². The van der Waals surface area contributed by atoms with Gasteiger partial charge in [-0.2, -0.15) is 0 Å². The molecular formula is C11H8BrFN2O. The van der Waals surface area contributed by atoms with E-state index in [-0.39, 0.29) is 5.82 Å². The molecule has 1 aromatic heterocycles. The van der Waals surface area contributed by atoms with Gasteiger partial charge in [-0.05, 0) is 40.5 Å². The molecule has 82 valence electrons. The van der Waals surface area contributed by atoms with Crippen LogP contribution >= 0.6 is 15.9 Å². The lowest BCUT2D eigenvalue weighted by atomic mass is 10.1. The smallest absolute Gasteiger partial charge is 0.167 e. The van der Waals surface area contributed by atoms with Gasteiger partial charge in [0.1, 0.15) is 11.6 Å². The number of aromatic nitrogens is 2. The third-order valence-corrected chi connectivity index (χ3v) is 2.85. The van der Waals surface area contributed by atoms with Crippen LogP contribution in [0.1, 0.15) is 16.1 Å². The Hall–Kier alpha value is -1.49. The number of rotatable bonds is 2. The lowest BCUT2D eigenvalue weighted by Gasteiger charge is -2.04. The van der Waals surface area contributed by atoms with E-state index >= 15 is 0 Å². The Morgan fingerprint density at radius 2 is 2.25 bits per heavy atom. The van der Waals surface area contributed by atoms with Crippen LogP contribution in [0.3, 0.4) is 0 Å². The van der Waals surface area contributed by atoms with Crippen molar-refractivity contribution in [1.82, 2.24) is 9.97 Å². The molecule has 0 bridgehead atoms. The summed E-state index contributed by atoms with van der Waals surface area (Å²) in [5.74, 6) is 0.135. The monoisotopic (exact) mass is 282 g/mol. The number of aryl methyl sites for hydroxylation is 1. The maximum atomic E-state index is 13.4. The topological polar surface area (TPSA) is 45.8 Å². The van der Waals surface area contributed by atoms with Crippen LogP contribution in [-0.4, -0.2) is 16.3 Å². The van der Waals surface area contributed by atoms with E-state index in [9.17, 15) is 9.18 Å². The first-order valence-corrected chi connectivity index (χ1v) is 5.37. The molecular weight excluding hydrogens is 275 g/mol. The predicted molar refractivity (Wildman–Crippen MR) is 61.8 cm³/mol. The summed E-state index contributed by atoms with van der Waals surface area (Å²) in [4.78, 5) is 17.3. The van der Waals surface area contributed by atoms with Crippen LogP contribution in [0.15, 0.2) is 22.8 Å². The summed E-state index contributed by atoms with van der Waals surface area (Å²) in [6, 6.07) is 3.06. The average Bonchev–Trinajstić information content (AvgIpc) is 2.71. The number of hydrogen-bond donors (Lipinski definition) is 1. The van der Waals surface area contributed by atoms with Crippen LogP contribution in [0.5, 0.6) is 0 Å². The molecule has 1 heterocycles. The highest BCUT2D eigenvalue weighted by Crippen LogP contribution is 2.26. The molecule has 0 unspecified atom stereocenters. The molecule has 0 atom stereocenters. The van der Waals surface area contributed by atoms with E-state index in [0.29, 0.717) is 27.8 Å². The lowest BCUT2D eigenvalue weighted by Crippen LogP contribution is -1.89. The maximum absolute atomic E-state index is 13.4. The van der Waals surface area contributed by atoms with Crippen molar-refractivity contribution < 1.29 is 9.18 Å². The molecule has 0 saturated heterocycles. The van der Waals surface area contributed by atoms with Crippen molar-refractivity contribution in [3.05, 3.63) is 39.9 Å². The summed E-state index contributed by atoms with van der Waals surface area (Å²) < 4.78 is 13.8. The quantitative estimate of drug-likeness (QED) is 0.861. The van der Waals surface area contributed by atoms with Crippen LogP contribution in [0.4, 0.5) is 4.39 Å². The van der Waals surface area contributed by atoms with Gasteiger partial charge in [0.2, 0.25) is 0 Å². The highest BCUT2D eigenvalue weighted by atomic mass is 79.9. The van der Waals surface area contributed by atoms with Crippen LogP contribution < -0.4 is 0 Å². The lowest BCUT2D eigenvalue weighted by molar-refractivity contribution is 0.111. The Kier molecular flexibility index (Phi) is 2.87. The van der Waals surface area contributed by atoms with Crippen LogP contribution in [0.2, 0.25) is 0 Å². The standard InChI is InChI=1S/C11H8BrFN2O/c1-6-2-9(12)10(13)3-8(6)11-14-4-7(5-16)15-11/h2-5H,1H3,(H,14,15). The van der Waals surface area contributed by atoms with Gasteiger partial charge in [-0.1, -0.05) is 0 Å². The number of aldehydes is 1. The van der Waals surface area contributed by atoms with Gasteiger partial charge in [-0.25, -0.2) is 9.37 Å². The molecule has 0 aliphatic carbocycles. The summed E-state index contributed by atoms with van der Waals surface area (Å²) in [5.41, 5.74) is 1.90. The Bertz CT molecular complexity index is 551. The minimum absolute atomic E-state index is 0.357. The Labute approximate surface area is 99.8 Å². The number of benzene rings is 1. The van der Waals surface area contributed by atoms with Gasteiger partial charge in [-0.3, -0.25) is 4.79 Å². The fourth-order valence-corrected chi connectivity index (χ4v) is 1.89. The molecule has 1 aromatic carbocycles. The summed E-state index contributed by atoms with van der Waals surface area (Å²) in [5, 5.41) is 0. The molecule has 3 nitrogen and oxygen atoms in total. The van der Waals surface area contributed by atoms with Gasteiger partial charge >= 0.3 is 0 Å². The van der Waals surface area contributed by atoms with Crippen molar-refractivity contribution in [3.63, 3.8) is 0 Å². The highest BCUT2D eigenvalue weighted by Gasteiger charge is 2.10. The Balaban J connectivity index is 2.55. The van der Waals surface area contributed by atoms with Crippen molar-refractivity contribution in [2.45, 2.75) is 6.92 Å². The van der Waals surface area contributed by atoms with E-state index in [1.807, 2.05) is 6.92 Å². The highest BCUT2D eigenvalue weighted by molar-refractivity contribution is 9.10. The zero-order valence-electron chi connectivity index (χ0n) is 8.42. The molecule has 0 spiro atoms. The number of nitrogens with zero attached hydrogens (tertiary/aromatic N) is 1. The zero-order valence-corrected chi connectivity index (χ0v) is 10.0. The average molecular weight is 283 g/mol. The number of aromatic amines is 1. The molecule has 0 radical (unpaired) electrons.